The van der Waals surface area contributed by atoms with Crippen LogP contribution in [0.4, 0.5) is 11.5 Å². The minimum Gasteiger partial charge on any atom is -0.497 e. The number of rotatable bonds is 5. The van der Waals surface area contributed by atoms with E-state index in [0.717, 1.165) is 17.0 Å². The standard InChI is InChI=1S/C19H15N5O2/c1-25-15-9-7-14(8-10-15)20-17-12-11-16(22-23-17)19-21-18(24-26-19)13-5-3-2-4-6-13/h2-12H,1H3,(H,20,23). The maximum atomic E-state index is 5.29. The molecule has 26 heavy (non-hydrogen) atoms. The third-order valence-corrected chi connectivity index (χ3v) is 3.70. The Morgan fingerprint density at radius 1 is 0.885 bits per heavy atom. The minimum absolute atomic E-state index is 0.326. The summed E-state index contributed by atoms with van der Waals surface area (Å²) in [6, 6.07) is 20.7. The van der Waals surface area contributed by atoms with Gasteiger partial charge in [0, 0.05) is 11.3 Å². The van der Waals surface area contributed by atoms with Gasteiger partial charge in [-0.05, 0) is 36.4 Å². The van der Waals surface area contributed by atoms with Crippen LogP contribution in [0, 0.1) is 0 Å². The van der Waals surface area contributed by atoms with Gasteiger partial charge < -0.3 is 14.6 Å². The first kappa shape index (κ1) is 15.8. The van der Waals surface area contributed by atoms with E-state index in [1.807, 2.05) is 54.6 Å². The first-order valence-electron chi connectivity index (χ1n) is 7.96. The van der Waals surface area contributed by atoms with Crippen molar-refractivity contribution in [2.24, 2.45) is 0 Å². The van der Waals surface area contributed by atoms with Crippen LogP contribution in [0.5, 0.6) is 5.75 Å². The molecule has 0 radical (unpaired) electrons. The van der Waals surface area contributed by atoms with Crippen molar-refractivity contribution in [2.45, 2.75) is 0 Å². The van der Waals surface area contributed by atoms with Crippen molar-refractivity contribution in [2.75, 3.05) is 12.4 Å². The zero-order chi connectivity index (χ0) is 17.8. The molecule has 4 aromatic rings. The molecule has 0 spiro atoms. The van der Waals surface area contributed by atoms with Crippen molar-refractivity contribution in [3.63, 3.8) is 0 Å². The second kappa shape index (κ2) is 7.02. The molecule has 2 aromatic carbocycles. The quantitative estimate of drug-likeness (QED) is 0.586. The summed E-state index contributed by atoms with van der Waals surface area (Å²) in [5.74, 6) is 2.25. The van der Waals surface area contributed by atoms with E-state index in [2.05, 4.69) is 25.7 Å². The van der Waals surface area contributed by atoms with Gasteiger partial charge in [0.1, 0.15) is 5.75 Å². The molecule has 128 valence electrons. The molecule has 0 atom stereocenters. The highest BCUT2D eigenvalue weighted by molar-refractivity contribution is 5.60. The summed E-state index contributed by atoms with van der Waals surface area (Å²) < 4.78 is 10.4. The molecule has 0 aliphatic rings. The lowest BCUT2D eigenvalue weighted by Gasteiger charge is -2.05. The number of benzene rings is 2. The molecule has 0 aliphatic heterocycles. The van der Waals surface area contributed by atoms with Crippen LogP contribution in [-0.4, -0.2) is 27.4 Å². The van der Waals surface area contributed by atoms with Crippen LogP contribution in [0.25, 0.3) is 23.0 Å². The lowest BCUT2D eigenvalue weighted by molar-refractivity contribution is 0.415. The average Bonchev–Trinajstić information content (AvgIpc) is 3.20. The van der Waals surface area contributed by atoms with Gasteiger partial charge in [-0.1, -0.05) is 35.5 Å². The fourth-order valence-electron chi connectivity index (χ4n) is 2.37. The van der Waals surface area contributed by atoms with Crippen molar-refractivity contribution < 1.29 is 9.26 Å². The van der Waals surface area contributed by atoms with Crippen LogP contribution in [0.1, 0.15) is 0 Å². The van der Waals surface area contributed by atoms with E-state index in [-0.39, 0.29) is 0 Å². The number of methoxy groups -OCH3 is 1. The molecule has 0 aliphatic carbocycles. The van der Waals surface area contributed by atoms with Gasteiger partial charge in [0.2, 0.25) is 5.82 Å². The first-order chi connectivity index (χ1) is 12.8. The Kier molecular flexibility index (Phi) is 4.26. The Bertz CT molecular complexity index is 983. The molecule has 0 saturated heterocycles. The molecule has 0 fully saturated rings. The van der Waals surface area contributed by atoms with Gasteiger partial charge in [-0.25, -0.2) is 0 Å². The summed E-state index contributed by atoms with van der Waals surface area (Å²) in [6.45, 7) is 0. The van der Waals surface area contributed by atoms with Gasteiger partial charge in [-0.2, -0.15) is 4.98 Å². The van der Waals surface area contributed by atoms with Crippen LogP contribution < -0.4 is 10.1 Å². The van der Waals surface area contributed by atoms with Crippen LogP contribution >= 0.6 is 0 Å². The van der Waals surface area contributed by atoms with Gasteiger partial charge in [-0.3, -0.25) is 0 Å². The lowest BCUT2D eigenvalue weighted by atomic mass is 10.2. The molecule has 0 saturated carbocycles. The Labute approximate surface area is 149 Å². The molecule has 0 unspecified atom stereocenters. The number of aromatic nitrogens is 4. The average molecular weight is 345 g/mol. The monoisotopic (exact) mass is 345 g/mol. The molecule has 0 bridgehead atoms. The van der Waals surface area contributed by atoms with Gasteiger partial charge >= 0.3 is 0 Å². The summed E-state index contributed by atoms with van der Waals surface area (Å²) in [6.07, 6.45) is 0. The van der Waals surface area contributed by atoms with Crippen LogP contribution in [0.2, 0.25) is 0 Å². The molecule has 1 N–H and O–H groups in total. The molecule has 7 nitrogen and oxygen atoms in total. The molecule has 4 rings (SSSR count). The summed E-state index contributed by atoms with van der Waals surface area (Å²) >= 11 is 0. The number of hydrogen-bond donors (Lipinski definition) is 1. The number of ether oxygens (including phenoxy) is 1. The highest BCUT2D eigenvalue weighted by Crippen LogP contribution is 2.22. The van der Waals surface area contributed by atoms with Crippen LogP contribution in [-0.2, 0) is 0 Å². The SMILES string of the molecule is COc1ccc(Nc2ccc(-c3nc(-c4ccccc4)no3)nn2)cc1. The van der Waals surface area contributed by atoms with Gasteiger partial charge in [-0.15, -0.1) is 10.2 Å². The minimum atomic E-state index is 0.326. The van der Waals surface area contributed by atoms with E-state index < -0.39 is 0 Å². The number of nitrogens with zero attached hydrogens (tertiary/aromatic N) is 4. The summed E-state index contributed by atoms with van der Waals surface area (Å²) in [4.78, 5) is 4.37. The maximum Gasteiger partial charge on any atom is 0.278 e. The van der Waals surface area contributed by atoms with E-state index in [1.54, 1.807) is 19.2 Å². The van der Waals surface area contributed by atoms with Crippen molar-refractivity contribution in [1.82, 2.24) is 20.3 Å². The zero-order valence-corrected chi connectivity index (χ0v) is 14.0. The molecular formula is C19H15N5O2. The second-order valence-electron chi connectivity index (χ2n) is 5.45. The van der Waals surface area contributed by atoms with E-state index in [4.69, 9.17) is 9.26 Å². The highest BCUT2D eigenvalue weighted by atomic mass is 16.5. The maximum absolute atomic E-state index is 5.29. The summed E-state index contributed by atoms with van der Waals surface area (Å²) in [5.41, 5.74) is 2.28. The van der Waals surface area contributed by atoms with Crippen molar-refractivity contribution >= 4 is 11.5 Å². The van der Waals surface area contributed by atoms with Crippen molar-refractivity contribution in [3.8, 4) is 28.7 Å². The largest absolute Gasteiger partial charge is 0.497 e. The Morgan fingerprint density at radius 2 is 1.69 bits per heavy atom. The number of anilines is 2. The fourth-order valence-corrected chi connectivity index (χ4v) is 2.37. The molecule has 2 aromatic heterocycles. The predicted octanol–water partition coefficient (Wildman–Crippen LogP) is 3.95. The van der Waals surface area contributed by atoms with Gasteiger partial charge in [0.05, 0.1) is 7.11 Å². The Balaban J connectivity index is 1.50. The Morgan fingerprint density at radius 3 is 2.38 bits per heavy atom. The molecule has 0 amide bonds. The first-order valence-corrected chi connectivity index (χ1v) is 7.96. The number of hydrogen-bond acceptors (Lipinski definition) is 7. The predicted molar refractivity (Wildman–Crippen MR) is 97.0 cm³/mol. The third kappa shape index (κ3) is 3.36. The lowest BCUT2D eigenvalue weighted by Crippen LogP contribution is -1.96. The zero-order valence-electron chi connectivity index (χ0n) is 14.0. The highest BCUT2D eigenvalue weighted by Gasteiger charge is 2.12. The van der Waals surface area contributed by atoms with E-state index in [0.29, 0.717) is 23.2 Å². The van der Waals surface area contributed by atoms with E-state index in [9.17, 15) is 0 Å². The normalized spacial score (nSPS) is 10.5. The van der Waals surface area contributed by atoms with Crippen LogP contribution in [0.15, 0.2) is 71.3 Å². The second-order valence-corrected chi connectivity index (χ2v) is 5.45. The summed E-state index contributed by atoms with van der Waals surface area (Å²) in [7, 11) is 1.63. The van der Waals surface area contributed by atoms with E-state index >= 15 is 0 Å². The topological polar surface area (TPSA) is 86.0 Å². The van der Waals surface area contributed by atoms with Gasteiger partial charge in [0.25, 0.3) is 5.89 Å². The summed E-state index contributed by atoms with van der Waals surface area (Å²) in [5, 5.41) is 15.5. The molecular weight excluding hydrogens is 330 g/mol. The van der Waals surface area contributed by atoms with Crippen LogP contribution in [0.3, 0.4) is 0 Å². The third-order valence-electron chi connectivity index (χ3n) is 3.70. The smallest absolute Gasteiger partial charge is 0.278 e. The number of nitrogens with one attached hydrogen (secondary N) is 1. The Hall–Kier alpha value is -3.74. The fraction of sp³-hybridized carbons (Fsp3) is 0.0526. The van der Waals surface area contributed by atoms with E-state index in [1.165, 1.54) is 0 Å². The van der Waals surface area contributed by atoms with Crippen molar-refractivity contribution in [3.05, 3.63) is 66.7 Å². The molecule has 2 heterocycles. The molecule has 7 heteroatoms. The van der Waals surface area contributed by atoms with Gasteiger partial charge in [0.15, 0.2) is 11.5 Å². The van der Waals surface area contributed by atoms with Crippen molar-refractivity contribution in [1.29, 1.82) is 0 Å².